The molecule has 0 atom stereocenters. The maximum atomic E-state index is 12.9. The third kappa shape index (κ3) is 5.84. The van der Waals surface area contributed by atoms with Gasteiger partial charge in [0.25, 0.3) is 5.88 Å². The largest absolute Gasteiger partial charge is 0.473 e. The fraction of sp³-hybridized carbons (Fsp3) is 0.480. The molecule has 3 aromatic rings. The predicted molar refractivity (Wildman–Crippen MR) is 133 cm³/mol. The summed E-state index contributed by atoms with van der Waals surface area (Å²) in [6.45, 7) is 6.56. The number of hydrogen-bond acceptors (Lipinski definition) is 9. The molecule has 2 aromatic heterocycles. The predicted octanol–water partition coefficient (Wildman–Crippen LogP) is 4.92. The Morgan fingerprint density at radius 1 is 0.971 bits per heavy atom. The Bertz CT molecular complexity index is 1120. The van der Waals surface area contributed by atoms with Gasteiger partial charge >= 0.3 is 5.97 Å². The monoisotopic (exact) mass is 485 g/mol. The summed E-state index contributed by atoms with van der Waals surface area (Å²) in [4.78, 5) is 23.5. The van der Waals surface area contributed by atoms with Crippen molar-refractivity contribution in [3.05, 3.63) is 40.3 Å². The van der Waals surface area contributed by atoms with Crippen LogP contribution in [0.15, 0.2) is 24.3 Å². The van der Waals surface area contributed by atoms with E-state index < -0.39 is 0 Å². The molecule has 0 fully saturated rings. The molecule has 0 radical (unpaired) electrons. The summed E-state index contributed by atoms with van der Waals surface area (Å²) < 4.78 is 22.2. The summed E-state index contributed by atoms with van der Waals surface area (Å²) in [7, 11) is 0. The van der Waals surface area contributed by atoms with Gasteiger partial charge in [-0.1, -0.05) is 12.1 Å². The molecule has 0 spiro atoms. The number of nitrogens with zero attached hydrogens (tertiary/aromatic N) is 2. The van der Waals surface area contributed by atoms with Gasteiger partial charge < -0.3 is 24.3 Å². The summed E-state index contributed by atoms with van der Waals surface area (Å²) in [6, 6.07) is 7.63. The molecule has 9 heteroatoms. The van der Waals surface area contributed by atoms with Crippen molar-refractivity contribution < 1.29 is 23.7 Å². The number of anilines is 2. The molecule has 0 saturated heterocycles. The molecule has 1 aromatic carbocycles. The molecule has 0 unspecified atom stereocenters. The van der Waals surface area contributed by atoms with Crippen LogP contribution in [0, 0.1) is 0 Å². The summed E-state index contributed by atoms with van der Waals surface area (Å²) in [5.41, 5.74) is 3.18. The zero-order valence-electron chi connectivity index (χ0n) is 19.7. The van der Waals surface area contributed by atoms with Crippen LogP contribution in [0.5, 0.6) is 5.88 Å². The number of esters is 1. The third-order valence-corrected chi connectivity index (χ3v) is 6.67. The molecule has 4 rings (SSSR count). The van der Waals surface area contributed by atoms with E-state index in [0.717, 1.165) is 47.3 Å². The van der Waals surface area contributed by atoms with Crippen LogP contribution in [-0.4, -0.2) is 55.6 Å². The van der Waals surface area contributed by atoms with E-state index in [-0.39, 0.29) is 5.97 Å². The van der Waals surface area contributed by atoms with Crippen LogP contribution in [-0.2, 0) is 27.1 Å². The standard InChI is InChI=1S/C25H31N3O5S/c1-3-30-13-14-31-15-16-33-23-22(26-18-10-6-7-11-19(18)27-23)28-24-21(25(29)32-4-2)17-9-5-8-12-20(17)34-24/h6-7,10-11H,3-5,8-9,12-16H2,1-2H3,(H,26,28). The molecule has 2 heterocycles. The minimum Gasteiger partial charge on any atom is -0.473 e. The zero-order valence-corrected chi connectivity index (χ0v) is 20.5. The first-order valence-electron chi connectivity index (χ1n) is 11.8. The molecule has 1 aliphatic carbocycles. The number of para-hydroxylation sites is 2. The van der Waals surface area contributed by atoms with E-state index in [0.29, 0.717) is 56.9 Å². The van der Waals surface area contributed by atoms with Gasteiger partial charge in [-0.05, 0) is 57.2 Å². The van der Waals surface area contributed by atoms with Crippen molar-refractivity contribution in [2.45, 2.75) is 39.5 Å². The average molecular weight is 486 g/mol. The van der Waals surface area contributed by atoms with E-state index in [2.05, 4.69) is 10.3 Å². The van der Waals surface area contributed by atoms with Gasteiger partial charge in [0.1, 0.15) is 11.6 Å². The fourth-order valence-corrected chi connectivity index (χ4v) is 5.18. The minimum absolute atomic E-state index is 0.302. The first kappa shape index (κ1) is 24.4. The Kier molecular flexibility index (Phi) is 8.67. The third-order valence-electron chi connectivity index (χ3n) is 5.46. The molecule has 8 nitrogen and oxygen atoms in total. The van der Waals surface area contributed by atoms with Crippen molar-refractivity contribution in [1.82, 2.24) is 9.97 Å². The van der Waals surface area contributed by atoms with Crippen molar-refractivity contribution in [3.63, 3.8) is 0 Å². The highest BCUT2D eigenvalue weighted by atomic mass is 32.1. The number of carbonyl (C=O) groups excluding carboxylic acids is 1. The van der Waals surface area contributed by atoms with E-state index in [4.69, 9.17) is 23.9 Å². The van der Waals surface area contributed by atoms with Gasteiger partial charge in [0.15, 0.2) is 5.82 Å². The number of aryl methyl sites for hydroxylation is 1. The molecular formula is C25H31N3O5S. The number of hydrogen-bond donors (Lipinski definition) is 1. The van der Waals surface area contributed by atoms with Gasteiger partial charge in [-0.15, -0.1) is 11.3 Å². The minimum atomic E-state index is -0.302. The quantitative estimate of drug-likeness (QED) is 0.285. The second-order valence-electron chi connectivity index (χ2n) is 7.78. The number of fused-ring (bicyclic) bond motifs is 2. The van der Waals surface area contributed by atoms with Crippen molar-refractivity contribution >= 4 is 39.2 Å². The van der Waals surface area contributed by atoms with Crippen LogP contribution in [0.4, 0.5) is 10.8 Å². The highest BCUT2D eigenvalue weighted by Gasteiger charge is 2.27. The Balaban J connectivity index is 1.59. The van der Waals surface area contributed by atoms with Crippen LogP contribution >= 0.6 is 11.3 Å². The number of rotatable bonds is 12. The Hall–Kier alpha value is -2.75. The van der Waals surface area contributed by atoms with Crippen LogP contribution in [0.3, 0.4) is 0 Å². The Morgan fingerprint density at radius 2 is 1.71 bits per heavy atom. The topological polar surface area (TPSA) is 91.8 Å². The molecular weight excluding hydrogens is 454 g/mol. The molecule has 0 amide bonds. The molecule has 0 aliphatic heterocycles. The average Bonchev–Trinajstić information content (AvgIpc) is 3.21. The van der Waals surface area contributed by atoms with Crippen molar-refractivity contribution in [2.24, 2.45) is 0 Å². The summed E-state index contributed by atoms with van der Waals surface area (Å²) in [5, 5.41) is 4.09. The second-order valence-corrected chi connectivity index (χ2v) is 8.89. The number of nitrogens with one attached hydrogen (secondary N) is 1. The number of aromatic nitrogens is 2. The Morgan fingerprint density at radius 3 is 2.50 bits per heavy atom. The van der Waals surface area contributed by atoms with Gasteiger partial charge in [0.05, 0.1) is 43.0 Å². The zero-order chi connectivity index (χ0) is 23.8. The van der Waals surface area contributed by atoms with Crippen LogP contribution < -0.4 is 10.1 Å². The maximum absolute atomic E-state index is 12.9. The van der Waals surface area contributed by atoms with Crippen LogP contribution in [0.25, 0.3) is 11.0 Å². The summed E-state index contributed by atoms with van der Waals surface area (Å²) in [5.74, 6) is 0.536. The van der Waals surface area contributed by atoms with Crippen molar-refractivity contribution in [3.8, 4) is 5.88 Å². The number of thiophene rings is 1. The molecule has 0 bridgehead atoms. The molecule has 1 N–H and O–H groups in total. The lowest BCUT2D eigenvalue weighted by Crippen LogP contribution is -2.13. The molecule has 182 valence electrons. The molecule has 34 heavy (non-hydrogen) atoms. The highest BCUT2D eigenvalue weighted by molar-refractivity contribution is 7.16. The number of carbonyl (C=O) groups is 1. The van der Waals surface area contributed by atoms with E-state index >= 15 is 0 Å². The van der Waals surface area contributed by atoms with Gasteiger partial charge in [-0.25, -0.2) is 14.8 Å². The summed E-state index contributed by atoms with van der Waals surface area (Å²) in [6.07, 6.45) is 4.05. The van der Waals surface area contributed by atoms with Crippen LogP contribution in [0.2, 0.25) is 0 Å². The smallest absolute Gasteiger partial charge is 0.341 e. The molecule has 0 saturated carbocycles. The Labute approximate surface area is 203 Å². The molecule has 1 aliphatic rings. The van der Waals surface area contributed by atoms with Gasteiger partial charge in [-0.3, -0.25) is 0 Å². The maximum Gasteiger partial charge on any atom is 0.341 e. The van der Waals surface area contributed by atoms with E-state index in [1.807, 2.05) is 38.1 Å². The second kappa shape index (κ2) is 12.1. The van der Waals surface area contributed by atoms with Crippen LogP contribution in [0.1, 0.15) is 47.5 Å². The van der Waals surface area contributed by atoms with Crippen molar-refractivity contribution in [2.75, 3.05) is 45.0 Å². The van der Waals surface area contributed by atoms with E-state index in [9.17, 15) is 4.79 Å². The lowest BCUT2D eigenvalue weighted by Gasteiger charge is -2.14. The number of ether oxygens (including phenoxy) is 4. The lowest BCUT2D eigenvalue weighted by molar-refractivity contribution is 0.0400. The first-order valence-corrected chi connectivity index (χ1v) is 12.7. The van der Waals surface area contributed by atoms with Gasteiger partial charge in [0, 0.05) is 11.5 Å². The normalized spacial score (nSPS) is 13.0. The van der Waals surface area contributed by atoms with Crippen molar-refractivity contribution in [1.29, 1.82) is 0 Å². The van der Waals surface area contributed by atoms with Gasteiger partial charge in [0.2, 0.25) is 0 Å². The SMILES string of the molecule is CCOCCOCCOc1nc2ccccc2nc1Nc1sc2c(c1C(=O)OCC)CCCC2. The van der Waals surface area contributed by atoms with E-state index in [1.54, 1.807) is 11.3 Å². The van der Waals surface area contributed by atoms with E-state index in [1.165, 1.54) is 4.88 Å². The van der Waals surface area contributed by atoms with Gasteiger partial charge in [-0.2, -0.15) is 0 Å². The summed E-state index contributed by atoms with van der Waals surface area (Å²) >= 11 is 1.59. The fourth-order valence-electron chi connectivity index (χ4n) is 3.91. The first-order chi connectivity index (χ1) is 16.7. The lowest BCUT2D eigenvalue weighted by atomic mass is 9.95. The highest BCUT2D eigenvalue weighted by Crippen LogP contribution is 2.41. The number of benzene rings is 1.